The van der Waals surface area contributed by atoms with Gasteiger partial charge in [-0.3, -0.25) is 9.71 Å². The molecule has 112 valence electrons. The number of pyridine rings is 2. The summed E-state index contributed by atoms with van der Waals surface area (Å²) in [5.74, 6) is 0. The maximum absolute atomic E-state index is 12.2. The zero-order valence-corrected chi connectivity index (χ0v) is 12.8. The van der Waals surface area contributed by atoms with Gasteiger partial charge in [-0.25, -0.2) is 4.98 Å². The van der Waals surface area contributed by atoms with Crippen LogP contribution in [0.1, 0.15) is 18.1 Å². The molecule has 2 aromatic rings. The van der Waals surface area contributed by atoms with Crippen molar-refractivity contribution < 1.29 is 8.42 Å². The number of rotatable bonds is 6. The average Bonchev–Trinajstić information content (AvgIpc) is 2.45. The second-order valence-electron chi connectivity index (χ2n) is 4.64. The van der Waals surface area contributed by atoms with E-state index in [1.54, 1.807) is 24.5 Å². The van der Waals surface area contributed by atoms with Gasteiger partial charge < -0.3 is 5.32 Å². The van der Waals surface area contributed by atoms with Crippen molar-refractivity contribution in [2.45, 2.75) is 25.4 Å². The summed E-state index contributed by atoms with van der Waals surface area (Å²) in [4.78, 5) is 7.97. The highest BCUT2D eigenvalue weighted by Gasteiger charge is 2.15. The summed E-state index contributed by atoms with van der Waals surface area (Å²) in [6.07, 6.45) is 4.68. The van der Waals surface area contributed by atoms with Crippen molar-refractivity contribution in [3.8, 4) is 0 Å². The van der Waals surface area contributed by atoms with Crippen molar-refractivity contribution in [3.05, 3.63) is 47.9 Å². The molecule has 0 unspecified atom stereocenters. The largest absolute Gasteiger partial charge is 0.313 e. The highest BCUT2D eigenvalue weighted by molar-refractivity contribution is 7.92. The predicted octanol–water partition coefficient (Wildman–Crippen LogP) is 1.70. The third kappa shape index (κ3) is 4.24. The minimum atomic E-state index is -3.69. The summed E-state index contributed by atoms with van der Waals surface area (Å²) in [6.45, 7) is 5.37. The van der Waals surface area contributed by atoms with Crippen LogP contribution in [-0.4, -0.2) is 24.9 Å². The van der Waals surface area contributed by atoms with Crippen LogP contribution in [0.15, 0.2) is 41.8 Å². The first-order valence-corrected chi connectivity index (χ1v) is 8.09. The maximum atomic E-state index is 12.2. The van der Waals surface area contributed by atoms with Crippen LogP contribution >= 0.6 is 0 Å². The SMILES string of the molecule is CCNCc1ccc(S(=O)(=O)Nc2cncc(C)c2)nc1. The zero-order chi connectivity index (χ0) is 15.3. The van der Waals surface area contributed by atoms with E-state index in [1.807, 2.05) is 13.8 Å². The molecule has 7 heteroatoms. The van der Waals surface area contributed by atoms with E-state index in [0.29, 0.717) is 12.2 Å². The van der Waals surface area contributed by atoms with Gasteiger partial charge in [0.1, 0.15) is 0 Å². The number of aryl methyl sites for hydroxylation is 1. The first kappa shape index (κ1) is 15.4. The number of anilines is 1. The topological polar surface area (TPSA) is 84.0 Å². The second kappa shape index (κ2) is 6.64. The Balaban J connectivity index is 2.15. The number of hydrogen-bond acceptors (Lipinski definition) is 5. The monoisotopic (exact) mass is 306 g/mol. The van der Waals surface area contributed by atoms with Gasteiger partial charge in [0.05, 0.1) is 11.9 Å². The van der Waals surface area contributed by atoms with Crippen molar-refractivity contribution >= 4 is 15.7 Å². The highest BCUT2D eigenvalue weighted by Crippen LogP contribution is 2.14. The van der Waals surface area contributed by atoms with Crippen LogP contribution in [0.3, 0.4) is 0 Å². The van der Waals surface area contributed by atoms with Gasteiger partial charge in [0.15, 0.2) is 5.03 Å². The molecule has 0 saturated carbocycles. The lowest BCUT2D eigenvalue weighted by Gasteiger charge is -2.08. The molecule has 0 saturated heterocycles. The molecule has 0 atom stereocenters. The van der Waals surface area contributed by atoms with Gasteiger partial charge >= 0.3 is 0 Å². The van der Waals surface area contributed by atoms with E-state index in [2.05, 4.69) is 20.0 Å². The Morgan fingerprint density at radius 1 is 1.19 bits per heavy atom. The Kier molecular flexibility index (Phi) is 4.87. The molecule has 6 nitrogen and oxygen atoms in total. The summed E-state index contributed by atoms with van der Waals surface area (Å²) < 4.78 is 26.9. The third-order valence-electron chi connectivity index (χ3n) is 2.78. The normalized spacial score (nSPS) is 11.3. The van der Waals surface area contributed by atoms with Crippen LogP contribution in [-0.2, 0) is 16.6 Å². The van der Waals surface area contributed by atoms with E-state index < -0.39 is 10.0 Å². The standard InChI is InChI=1S/C14H18N4O2S/c1-3-15-8-12-4-5-14(17-9-12)21(19,20)18-13-6-11(2)7-16-10-13/h4-7,9-10,15,18H,3,8H2,1-2H3. The van der Waals surface area contributed by atoms with Crippen molar-refractivity contribution in [1.82, 2.24) is 15.3 Å². The Morgan fingerprint density at radius 3 is 2.62 bits per heavy atom. The molecule has 2 N–H and O–H groups in total. The summed E-state index contributed by atoms with van der Waals surface area (Å²) in [5.41, 5.74) is 2.24. The van der Waals surface area contributed by atoms with E-state index >= 15 is 0 Å². The quantitative estimate of drug-likeness (QED) is 0.848. The third-order valence-corrected chi connectivity index (χ3v) is 4.08. The van der Waals surface area contributed by atoms with E-state index in [-0.39, 0.29) is 5.03 Å². The number of nitrogens with one attached hydrogen (secondary N) is 2. The molecule has 0 fully saturated rings. The van der Waals surface area contributed by atoms with Gasteiger partial charge in [0.2, 0.25) is 0 Å². The van der Waals surface area contributed by atoms with E-state index in [9.17, 15) is 8.42 Å². The molecule has 2 rings (SSSR count). The molecular formula is C14H18N4O2S. The van der Waals surface area contributed by atoms with Crippen molar-refractivity contribution in [1.29, 1.82) is 0 Å². The van der Waals surface area contributed by atoms with Gasteiger partial charge in [0.25, 0.3) is 10.0 Å². The Morgan fingerprint density at radius 2 is 2.00 bits per heavy atom. The smallest absolute Gasteiger partial charge is 0.279 e. The van der Waals surface area contributed by atoms with E-state index in [0.717, 1.165) is 17.7 Å². The summed E-state index contributed by atoms with van der Waals surface area (Å²) in [7, 11) is -3.69. The van der Waals surface area contributed by atoms with Gasteiger partial charge in [-0.1, -0.05) is 13.0 Å². The molecule has 2 heterocycles. The van der Waals surface area contributed by atoms with Crippen LogP contribution in [0.2, 0.25) is 0 Å². The summed E-state index contributed by atoms with van der Waals surface area (Å²) >= 11 is 0. The predicted molar refractivity (Wildman–Crippen MR) is 81.4 cm³/mol. The number of sulfonamides is 1. The fourth-order valence-corrected chi connectivity index (χ4v) is 2.73. The van der Waals surface area contributed by atoms with Crippen LogP contribution in [0.4, 0.5) is 5.69 Å². The minimum Gasteiger partial charge on any atom is -0.313 e. The lowest BCUT2D eigenvalue weighted by atomic mass is 10.3. The van der Waals surface area contributed by atoms with E-state index in [1.165, 1.54) is 12.3 Å². The molecule has 2 aromatic heterocycles. The van der Waals surface area contributed by atoms with Crippen molar-refractivity contribution in [2.24, 2.45) is 0 Å². The molecular weight excluding hydrogens is 288 g/mol. The van der Waals surface area contributed by atoms with Crippen molar-refractivity contribution in [3.63, 3.8) is 0 Å². The molecule has 0 aliphatic rings. The molecule has 0 aliphatic carbocycles. The Bertz CT molecular complexity index is 699. The fraction of sp³-hybridized carbons (Fsp3) is 0.286. The van der Waals surface area contributed by atoms with Crippen LogP contribution in [0.5, 0.6) is 0 Å². The molecule has 21 heavy (non-hydrogen) atoms. The van der Waals surface area contributed by atoms with Crippen LogP contribution in [0.25, 0.3) is 0 Å². The average molecular weight is 306 g/mol. The maximum Gasteiger partial charge on any atom is 0.279 e. The molecule has 0 radical (unpaired) electrons. The first-order chi connectivity index (χ1) is 10.0. The van der Waals surface area contributed by atoms with Gasteiger partial charge in [-0.2, -0.15) is 8.42 Å². The number of aromatic nitrogens is 2. The van der Waals surface area contributed by atoms with Gasteiger partial charge in [-0.15, -0.1) is 0 Å². The Hall–Kier alpha value is -1.99. The number of hydrogen-bond donors (Lipinski definition) is 2. The lowest BCUT2D eigenvalue weighted by molar-refractivity contribution is 0.597. The fourth-order valence-electron chi connectivity index (χ4n) is 1.76. The Labute approximate surface area is 124 Å². The minimum absolute atomic E-state index is 0.00995. The molecule has 0 aliphatic heterocycles. The lowest BCUT2D eigenvalue weighted by Crippen LogP contribution is -2.16. The molecule has 0 aromatic carbocycles. The van der Waals surface area contributed by atoms with Crippen LogP contribution < -0.4 is 10.0 Å². The van der Waals surface area contributed by atoms with Crippen molar-refractivity contribution in [2.75, 3.05) is 11.3 Å². The molecule has 0 amide bonds. The first-order valence-electron chi connectivity index (χ1n) is 6.61. The zero-order valence-electron chi connectivity index (χ0n) is 12.0. The van der Waals surface area contributed by atoms with Crippen LogP contribution in [0, 0.1) is 6.92 Å². The molecule has 0 bridgehead atoms. The summed E-state index contributed by atoms with van der Waals surface area (Å²) in [5, 5.41) is 3.15. The molecule has 0 spiro atoms. The van der Waals surface area contributed by atoms with E-state index in [4.69, 9.17) is 0 Å². The second-order valence-corrected chi connectivity index (χ2v) is 6.27. The summed E-state index contributed by atoms with van der Waals surface area (Å²) in [6, 6.07) is 4.96. The van der Waals surface area contributed by atoms with Gasteiger partial charge in [-0.05, 0) is 36.7 Å². The number of nitrogens with zero attached hydrogens (tertiary/aromatic N) is 2. The van der Waals surface area contributed by atoms with Gasteiger partial charge in [0, 0.05) is 18.9 Å². The highest BCUT2D eigenvalue weighted by atomic mass is 32.2.